The lowest BCUT2D eigenvalue weighted by Crippen LogP contribution is -2.34. The maximum absolute atomic E-state index is 11.5. The van der Waals surface area contributed by atoms with Gasteiger partial charge in [-0.1, -0.05) is 12.1 Å². The molecular weight excluding hydrogens is 310 g/mol. The zero-order valence-electron chi connectivity index (χ0n) is 13.6. The predicted molar refractivity (Wildman–Crippen MR) is 90.0 cm³/mol. The summed E-state index contributed by atoms with van der Waals surface area (Å²) in [5.41, 5.74) is 1.15. The molecule has 2 aromatic rings. The van der Waals surface area contributed by atoms with Gasteiger partial charge in [-0.25, -0.2) is 13.4 Å². The molecule has 0 amide bonds. The highest BCUT2D eigenvalue weighted by molar-refractivity contribution is 7.90. The van der Waals surface area contributed by atoms with Crippen molar-refractivity contribution in [2.45, 2.75) is 30.2 Å². The Morgan fingerprint density at radius 3 is 2.61 bits per heavy atom. The van der Waals surface area contributed by atoms with Gasteiger partial charge in [0, 0.05) is 44.7 Å². The van der Waals surface area contributed by atoms with Gasteiger partial charge in [0.05, 0.1) is 4.90 Å². The van der Waals surface area contributed by atoms with Gasteiger partial charge >= 0.3 is 0 Å². The fraction of sp³-hybridized carbons (Fsp3) is 0.471. The van der Waals surface area contributed by atoms with Crippen molar-refractivity contribution in [3.05, 3.63) is 48.0 Å². The Hall–Kier alpha value is -1.66. The predicted octanol–water partition coefficient (Wildman–Crippen LogP) is 2.20. The summed E-state index contributed by atoms with van der Waals surface area (Å²) in [5.74, 6) is 1.63. The van der Waals surface area contributed by atoms with Gasteiger partial charge in [-0.3, -0.25) is 4.90 Å². The Bertz CT molecular complexity index is 765. The average Bonchev–Trinajstić information content (AvgIpc) is 2.93. The fourth-order valence-electron chi connectivity index (χ4n) is 3.28. The molecule has 1 aromatic heterocycles. The summed E-state index contributed by atoms with van der Waals surface area (Å²) in [6.07, 6.45) is 7.44. The van der Waals surface area contributed by atoms with E-state index in [1.807, 2.05) is 31.6 Å². The molecule has 23 heavy (non-hydrogen) atoms. The number of hydrogen-bond acceptors (Lipinski definition) is 4. The minimum atomic E-state index is -3.12. The molecule has 1 atom stereocenters. The monoisotopic (exact) mass is 333 g/mol. The first-order valence-electron chi connectivity index (χ1n) is 7.92. The second-order valence-electron chi connectivity index (χ2n) is 6.39. The zero-order chi connectivity index (χ0) is 16.4. The second-order valence-corrected chi connectivity index (χ2v) is 8.40. The molecule has 1 saturated heterocycles. The largest absolute Gasteiger partial charge is 0.338 e. The maximum Gasteiger partial charge on any atom is 0.175 e. The Morgan fingerprint density at radius 1 is 1.26 bits per heavy atom. The van der Waals surface area contributed by atoms with E-state index in [0.29, 0.717) is 10.8 Å². The molecule has 5 nitrogen and oxygen atoms in total. The Labute approximate surface area is 137 Å². The number of aromatic nitrogens is 2. The fourth-order valence-corrected chi connectivity index (χ4v) is 3.91. The average molecular weight is 333 g/mol. The number of hydrogen-bond donors (Lipinski definition) is 0. The summed E-state index contributed by atoms with van der Waals surface area (Å²) in [4.78, 5) is 7.30. The van der Waals surface area contributed by atoms with Crippen molar-refractivity contribution >= 4 is 9.84 Å². The normalized spacial score (nSPS) is 19.8. The molecule has 0 bridgehead atoms. The molecule has 0 spiro atoms. The number of sulfone groups is 1. The zero-order valence-corrected chi connectivity index (χ0v) is 14.5. The van der Waals surface area contributed by atoms with Gasteiger partial charge in [0.2, 0.25) is 0 Å². The number of likely N-dealkylation sites (tertiary alicyclic amines) is 1. The highest BCUT2D eigenvalue weighted by Crippen LogP contribution is 2.26. The lowest BCUT2D eigenvalue weighted by atomic mass is 9.96. The third-order valence-electron chi connectivity index (χ3n) is 4.49. The van der Waals surface area contributed by atoms with Gasteiger partial charge in [0.1, 0.15) is 5.82 Å². The van der Waals surface area contributed by atoms with Gasteiger partial charge in [-0.15, -0.1) is 0 Å². The van der Waals surface area contributed by atoms with Crippen LogP contribution in [0.3, 0.4) is 0 Å². The van der Waals surface area contributed by atoms with Gasteiger partial charge in [-0.05, 0) is 37.1 Å². The molecule has 1 fully saturated rings. The van der Waals surface area contributed by atoms with E-state index >= 15 is 0 Å². The highest BCUT2D eigenvalue weighted by Gasteiger charge is 2.24. The quantitative estimate of drug-likeness (QED) is 0.861. The van der Waals surface area contributed by atoms with Crippen LogP contribution in [0, 0.1) is 0 Å². The summed E-state index contributed by atoms with van der Waals surface area (Å²) < 4.78 is 25.1. The minimum Gasteiger partial charge on any atom is -0.338 e. The van der Waals surface area contributed by atoms with Crippen molar-refractivity contribution < 1.29 is 8.42 Å². The molecular formula is C17H23N3O2S. The minimum absolute atomic E-state index is 0.380. The van der Waals surface area contributed by atoms with Gasteiger partial charge < -0.3 is 4.57 Å². The van der Waals surface area contributed by atoms with E-state index in [1.165, 1.54) is 19.1 Å². The first-order chi connectivity index (χ1) is 10.9. The van der Waals surface area contributed by atoms with Crippen molar-refractivity contribution in [1.29, 1.82) is 0 Å². The van der Waals surface area contributed by atoms with Crippen molar-refractivity contribution in [1.82, 2.24) is 14.5 Å². The maximum atomic E-state index is 11.5. The first-order valence-corrected chi connectivity index (χ1v) is 9.81. The molecule has 0 N–H and O–H groups in total. The van der Waals surface area contributed by atoms with Crippen LogP contribution >= 0.6 is 0 Å². The van der Waals surface area contributed by atoms with E-state index in [2.05, 4.69) is 14.5 Å². The van der Waals surface area contributed by atoms with Crippen LogP contribution in [0.4, 0.5) is 0 Å². The molecule has 1 aliphatic rings. The van der Waals surface area contributed by atoms with Crippen LogP contribution < -0.4 is 0 Å². The molecule has 0 radical (unpaired) electrons. The van der Waals surface area contributed by atoms with Crippen LogP contribution in [0.2, 0.25) is 0 Å². The molecule has 3 rings (SSSR count). The summed E-state index contributed by atoms with van der Waals surface area (Å²) in [7, 11) is -1.07. The molecule has 1 unspecified atom stereocenters. The molecule has 6 heteroatoms. The number of benzene rings is 1. The van der Waals surface area contributed by atoms with Crippen LogP contribution in [0.15, 0.2) is 41.6 Å². The lowest BCUT2D eigenvalue weighted by molar-refractivity contribution is 0.195. The van der Waals surface area contributed by atoms with Gasteiger partial charge in [0.25, 0.3) is 0 Å². The second kappa shape index (κ2) is 6.45. The van der Waals surface area contributed by atoms with Crippen LogP contribution in [0.1, 0.15) is 30.1 Å². The standard InChI is InChI=1S/C17H23N3O2S/c1-19-11-9-18-17(19)15-4-3-10-20(13-15)12-14-5-7-16(8-6-14)23(2,21)22/h5-9,11,15H,3-4,10,12-13H2,1-2H3. The van der Waals surface area contributed by atoms with Crippen LogP contribution in [0.25, 0.3) is 0 Å². The van der Waals surface area contributed by atoms with Crippen LogP contribution in [-0.2, 0) is 23.4 Å². The first kappa shape index (κ1) is 16.2. The highest BCUT2D eigenvalue weighted by atomic mass is 32.2. The number of piperidine rings is 1. The molecule has 2 heterocycles. The number of imidazole rings is 1. The molecule has 0 aliphatic carbocycles. The summed E-state index contributed by atoms with van der Waals surface area (Å²) >= 11 is 0. The van der Waals surface area contributed by atoms with Crippen LogP contribution in [-0.4, -0.2) is 42.2 Å². The number of rotatable bonds is 4. The molecule has 1 aromatic carbocycles. The van der Waals surface area contributed by atoms with E-state index in [4.69, 9.17) is 0 Å². The van der Waals surface area contributed by atoms with E-state index in [1.54, 1.807) is 12.1 Å². The third-order valence-corrected chi connectivity index (χ3v) is 5.62. The number of nitrogens with zero attached hydrogens (tertiary/aromatic N) is 3. The Kier molecular flexibility index (Phi) is 4.55. The Morgan fingerprint density at radius 2 is 2.00 bits per heavy atom. The summed E-state index contributed by atoms with van der Waals surface area (Å²) in [6.45, 7) is 2.93. The van der Waals surface area contributed by atoms with E-state index < -0.39 is 9.84 Å². The van der Waals surface area contributed by atoms with E-state index in [0.717, 1.165) is 31.0 Å². The van der Waals surface area contributed by atoms with Crippen molar-refractivity contribution in [2.24, 2.45) is 7.05 Å². The Balaban J connectivity index is 1.67. The lowest BCUT2D eigenvalue weighted by Gasteiger charge is -2.32. The van der Waals surface area contributed by atoms with Crippen LogP contribution in [0.5, 0.6) is 0 Å². The SMILES string of the molecule is Cn1ccnc1C1CCCN(Cc2ccc(S(C)(=O)=O)cc2)C1. The van der Waals surface area contributed by atoms with E-state index in [-0.39, 0.29) is 0 Å². The van der Waals surface area contributed by atoms with Gasteiger partial charge in [-0.2, -0.15) is 0 Å². The van der Waals surface area contributed by atoms with Crippen molar-refractivity contribution in [3.8, 4) is 0 Å². The van der Waals surface area contributed by atoms with Crippen molar-refractivity contribution in [3.63, 3.8) is 0 Å². The third kappa shape index (κ3) is 3.82. The number of aryl methyl sites for hydroxylation is 1. The molecule has 124 valence electrons. The smallest absolute Gasteiger partial charge is 0.175 e. The summed E-state index contributed by atoms with van der Waals surface area (Å²) in [6, 6.07) is 7.23. The molecule has 1 aliphatic heterocycles. The topological polar surface area (TPSA) is 55.2 Å². The summed E-state index contributed by atoms with van der Waals surface area (Å²) in [5, 5.41) is 0. The van der Waals surface area contributed by atoms with Gasteiger partial charge in [0.15, 0.2) is 9.84 Å². The van der Waals surface area contributed by atoms with Crippen molar-refractivity contribution in [2.75, 3.05) is 19.3 Å². The molecule has 0 saturated carbocycles. The van der Waals surface area contributed by atoms with E-state index in [9.17, 15) is 8.42 Å².